The number of aryl methyl sites for hydroxylation is 2. The molecule has 110 valence electrons. The normalized spacial score (nSPS) is 30.9. The highest BCUT2D eigenvalue weighted by Gasteiger charge is 2.42. The summed E-state index contributed by atoms with van der Waals surface area (Å²) in [6.45, 7) is 0. The molecule has 4 heteroatoms. The molecule has 2 bridgehead atoms. The standard InChI is InChI=1S/C17H21N3O/c18-10-12-7-11-3-1-2-4-16(11)19-17(12)20-13-5-6-14(20)9-15(21)8-13/h7,13-15,21H,1-6,8-9H2. The summed E-state index contributed by atoms with van der Waals surface area (Å²) in [5.74, 6) is 0.887. The van der Waals surface area contributed by atoms with Gasteiger partial charge in [0.15, 0.2) is 0 Å². The zero-order valence-corrected chi connectivity index (χ0v) is 12.3. The minimum atomic E-state index is -0.179. The number of hydrogen-bond acceptors (Lipinski definition) is 4. The maximum Gasteiger partial charge on any atom is 0.147 e. The van der Waals surface area contributed by atoms with Crippen molar-refractivity contribution in [1.29, 1.82) is 5.26 Å². The molecule has 0 spiro atoms. The first-order valence-corrected chi connectivity index (χ1v) is 8.15. The van der Waals surface area contributed by atoms with Gasteiger partial charge in [0.1, 0.15) is 11.9 Å². The lowest BCUT2D eigenvalue weighted by Crippen LogP contribution is -2.45. The molecule has 0 saturated carbocycles. The minimum absolute atomic E-state index is 0.179. The third-order valence-electron chi connectivity index (χ3n) is 5.35. The van der Waals surface area contributed by atoms with Gasteiger partial charge in [0, 0.05) is 17.8 Å². The van der Waals surface area contributed by atoms with Gasteiger partial charge in [0.05, 0.1) is 11.7 Å². The fourth-order valence-electron chi connectivity index (χ4n) is 4.40. The molecule has 3 heterocycles. The van der Waals surface area contributed by atoms with E-state index in [0.29, 0.717) is 12.1 Å². The van der Waals surface area contributed by atoms with E-state index >= 15 is 0 Å². The molecule has 1 aliphatic carbocycles. The molecule has 2 fully saturated rings. The van der Waals surface area contributed by atoms with E-state index in [9.17, 15) is 10.4 Å². The molecule has 1 aromatic heterocycles. The molecular formula is C17H21N3O. The van der Waals surface area contributed by atoms with Crippen molar-refractivity contribution in [1.82, 2.24) is 4.98 Å². The van der Waals surface area contributed by atoms with Crippen LogP contribution in [-0.4, -0.2) is 28.3 Å². The van der Waals surface area contributed by atoms with Gasteiger partial charge in [0.2, 0.25) is 0 Å². The number of hydrogen-bond donors (Lipinski definition) is 1. The van der Waals surface area contributed by atoms with Crippen LogP contribution in [0.25, 0.3) is 0 Å². The van der Waals surface area contributed by atoms with Gasteiger partial charge in [-0.05, 0) is 63.0 Å². The third kappa shape index (κ3) is 2.11. The van der Waals surface area contributed by atoms with Crippen molar-refractivity contribution in [2.24, 2.45) is 0 Å². The molecule has 4 rings (SSSR count). The van der Waals surface area contributed by atoms with Crippen LogP contribution in [0.2, 0.25) is 0 Å². The second-order valence-electron chi connectivity index (χ2n) is 6.70. The summed E-state index contributed by atoms with van der Waals surface area (Å²) in [6, 6.07) is 5.15. The quantitative estimate of drug-likeness (QED) is 0.859. The number of nitriles is 1. The van der Waals surface area contributed by atoms with Crippen LogP contribution in [-0.2, 0) is 12.8 Å². The highest BCUT2D eigenvalue weighted by atomic mass is 16.3. The Hall–Kier alpha value is -1.60. The van der Waals surface area contributed by atoms with Crippen LogP contribution < -0.4 is 4.90 Å². The third-order valence-corrected chi connectivity index (χ3v) is 5.35. The van der Waals surface area contributed by atoms with Gasteiger partial charge < -0.3 is 10.0 Å². The van der Waals surface area contributed by atoms with Gasteiger partial charge >= 0.3 is 0 Å². The Labute approximate surface area is 125 Å². The minimum Gasteiger partial charge on any atom is -0.393 e. The lowest BCUT2D eigenvalue weighted by molar-refractivity contribution is 0.126. The maximum atomic E-state index is 9.96. The van der Waals surface area contributed by atoms with E-state index in [1.54, 1.807) is 0 Å². The van der Waals surface area contributed by atoms with Gasteiger partial charge in [0.25, 0.3) is 0 Å². The fourth-order valence-corrected chi connectivity index (χ4v) is 4.40. The predicted molar refractivity (Wildman–Crippen MR) is 80.1 cm³/mol. The first-order valence-electron chi connectivity index (χ1n) is 8.15. The topological polar surface area (TPSA) is 60.2 Å². The molecule has 2 saturated heterocycles. The van der Waals surface area contributed by atoms with E-state index in [2.05, 4.69) is 17.0 Å². The number of aromatic nitrogens is 1. The van der Waals surface area contributed by atoms with Crippen LogP contribution in [0.3, 0.4) is 0 Å². The number of piperidine rings is 1. The Bertz CT molecular complexity index is 593. The summed E-state index contributed by atoms with van der Waals surface area (Å²) in [5.41, 5.74) is 3.19. The van der Waals surface area contributed by atoms with E-state index in [1.165, 1.54) is 24.1 Å². The summed E-state index contributed by atoms with van der Waals surface area (Å²) in [7, 11) is 0. The SMILES string of the molecule is N#Cc1cc2c(nc1N1C3CCC1CC(O)C3)CCCC2. The van der Waals surface area contributed by atoms with Gasteiger partial charge in [-0.25, -0.2) is 4.98 Å². The molecule has 21 heavy (non-hydrogen) atoms. The van der Waals surface area contributed by atoms with E-state index in [4.69, 9.17) is 4.98 Å². The predicted octanol–water partition coefficient (Wildman–Crippen LogP) is 2.32. The van der Waals surface area contributed by atoms with Crippen LogP contribution >= 0.6 is 0 Å². The molecule has 1 aromatic rings. The lowest BCUT2D eigenvalue weighted by atomic mass is 9.94. The van der Waals surface area contributed by atoms with Gasteiger partial charge in [-0.15, -0.1) is 0 Å². The number of anilines is 1. The smallest absolute Gasteiger partial charge is 0.147 e. The number of nitrogens with zero attached hydrogens (tertiary/aromatic N) is 3. The summed E-state index contributed by atoms with van der Waals surface area (Å²) >= 11 is 0. The van der Waals surface area contributed by atoms with E-state index in [1.807, 2.05) is 0 Å². The largest absolute Gasteiger partial charge is 0.393 e. The van der Waals surface area contributed by atoms with Crippen LogP contribution in [0.15, 0.2) is 6.07 Å². The first kappa shape index (κ1) is 13.1. The van der Waals surface area contributed by atoms with Gasteiger partial charge in [-0.3, -0.25) is 0 Å². The first-order chi connectivity index (χ1) is 10.3. The summed E-state index contributed by atoms with van der Waals surface area (Å²) in [5, 5.41) is 19.5. The molecule has 2 atom stereocenters. The zero-order chi connectivity index (χ0) is 14.4. The van der Waals surface area contributed by atoms with Gasteiger partial charge in [-0.1, -0.05) is 0 Å². The second kappa shape index (κ2) is 4.99. The molecular weight excluding hydrogens is 262 g/mol. The molecule has 1 N–H and O–H groups in total. The Kier molecular flexibility index (Phi) is 3.11. The molecule has 2 unspecified atom stereocenters. The van der Waals surface area contributed by atoms with Crippen molar-refractivity contribution < 1.29 is 5.11 Å². The Morgan fingerprint density at radius 1 is 1.19 bits per heavy atom. The average Bonchev–Trinajstić information content (AvgIpc) is 2.77. The fraction of sp³-hybridized carbons (Fsp3) is 0.647. The number of aliphatic hydroxyl groups excluding tert-OH is 1. The van der Waals surface area contributed by atoms with Crippen LogP contribution in [0, 0.1) is 11.3 Å². The monoisotopic (exact) mass is 283 g/mol. The van der Waals surface area contributed by atoms with E-state index < -0.39 is 0 Å². The maximum absolute atomic E-state index is 9.96. The van der Waals surface area contributed by atoms with Crippen LogP contribution in [0.5, 0.6) is 0 Å². The number of pyridine rings is 1. The highest BCUT2D eigenvalue weighted by Crippen LogP contribution is 2.40. The summed E-state index contributed by atoms with van der Waals surface area (Å²) in [6.07, 6.45) is 8.21. The molecule has 4 nitrogen and oxygen atoms in total. The van der Waals surface area contributed by atoms with Crippen LogP contribution in [0.4, 0.5) is 5.82 Å². The lowest BCUT2D eigenvalue weighted by Gasteiger charge is -2.39. The van der Waals surface area contributed by atoms with Crippen molar-refractivity contribution in [2.75, 3.05) is 4.90 Å². The number of fused-ring (bicyclic) bond motifs is 3. The van der Waals surface area contributed by atoms with Crippen LogP contribution in [0.1, 0.15) is 55.3 Å². The van der Waals surface area contributed by atoms with Crippen molar-refractivity contribution >= 4 is 5.82 Å². The highest BCUT2D eigenvalue weighted by molar-refractivity contribution is 5.59. The number of rotatable bonds is 1. The Balaban J connectivity index is 1.76. The zero-order valence-electron chi connectivity index (χ0n) is 12.3. The summed E-state index contributed by atoms with van der Waals surface area (Å²) < 4.78 is 0. The Morgan fingerprint density at radius 3 is 2.62 bits per heavy atom. The molecule has 0 aromatic carbocycles. The van der Waals surface area contributed by atoms with Crippen molar-refractivity contribution in [3.63, 3.8) is 0 Å². The second-order valence-corrected chi connectivity index (χ2v) is 6.70. The molecule has 0 radical (unpaired) electrons. The Morgan fingerprint density at radius 2 is 1.90 bits per heavy atom. The molecule has 3 aliphatic rings. The summed E-state index contributed by atoms with van der Waals surface area (Å²) in [4.78, 5) is 7.24. The number of aliphatic hydroxyl groups is 1. The molecule has 2 aliphatic heterocycles. The molecule has 0 amide bonds. The average molecular weight is 283 g/mol. The van der Waals surface area contributed by atoms with Crippen molar-refractivity contribution in [2.45, 2.75) is 69.6 Å². The van der Waals surface area contributed by atoms with Gasteiger partial charge in [-0.2, -0.15) is 5.26 Å². The van der Waals surface area contributed by atoms with E-state index in [-0.39, 0.29) is 6.10 Å². The van der Waals surface area contributed by atoms with Crippen molar-refractivity contribution in [3.05, 3.63) is 22.9 Å². The van der Waals surface area contributed by atoms with Crippen molar-refractivity contribution in [3.8, 4) is 6.07 Å². The van der Waals surface area contributed by atoms with E-state index in [0.717, 1.165) is 49.9 Å².